The lowest BCUT2D eigenvalue weighted by atomic mass is 10.1. The first-order chi connectivity index (χ1) is 17.8. The van der Waals surface area contributed by atoms with Crippen LogP contribution in [-0.2, 0) is 0 Å². The second-order valence-corrected chi connectivity index (χ2v) is 8.74. The lowest BCUT2D eigenvalue weighted by Crippen LogP contribution is -2.21. The molecule has 174 valence electrons. The highest BCUT2D eigenvalue weighted by molar-refractivity contribution is 6.09. The van der Waals surface area contributed by atoms with Gasteiger partial charge >= 0.3 is 0 Å². The Labute approximate surface area is 207 Å². The maximum absolute atomic E-state index is 14.5. The van der Waals surface area contributed by atoms with Crippen molar-refractivity contribution in [3.05, 3.63) is 115 Å². The van der Waals surface area contributed by atoms with Gasteiger partial charge in [0.05, 0.1) is 22.4 Å². The highest BCUT2D eigenvalue weighted by atomic mass is 19.2. The number of anilines is 3. The predicted molar refractivity (Wildman–Crippen MR) is 142 cm³/mol. The van der Waals surface area contributed by atoms with Crippen molar-refractivity contribution in [1.29, 1.82) is 0 Å². The van der Waals surface area contributed by atoms with Crippen molar-refractivity contribution >= 4 is 38.9 Å². The van der Waals surface area contributed by atoms with Gasteiger partial charge in [-0.3, -0.25) is 4.57 Å². The molecule has 0 saturated carbocycles. The van der Waals surface area contributed by atoms with Gasteiger partial charge in [0.15, 0.2) is 0 Å². The van der Waals surface area contributed by atoms with E-state index in [0.717, 1.165) is 44.1 Å². The molecule has 0 N–H and O–H groups in total. The molecule has 6 heteroatoms. The van der Waals surface area contributed by atoms with Crippen LogP contribution in [0, 0.1) is 0 Å². The van der Waals surface area contributed by atoms with Crippen LogP contribution in [0.5, 0.6) is 11.5 Å². The average molecular weight is 473 g/mol. The topological polar surface area (TPSA) is 33.5 Å². The summed E-state index contributed by atoms with van der Waals surface area (Å²) in [4.78, 5) is 6.53. The molecule has 0 spiro atoms. The van der Waals surface area contributed by atoms with Gasteiger partial charge in [-0.05, 0) is 54.6 Å². The highest BCUT2D eigenvalue weighted by Gasteiger charge is 2.26. The number of hydrogen-bond donors (Lipinski definition) is 0. The number of aromatic nitrogens is 2. The van der Waals surface area contributed by atoms with E-state index >= 15 is 0 Å². The summed E-state index contributed by atoms with van der Waals surface area (Å²) in [7, 11) is 0. The Morgan fingerprint density at radius 2 is 1.44 bits per heavy atom. The first-order valence-electron chi connectivity index (χ1n) is 11.8. The molecule has 0 radical (unpaired) electrons. The van der Waals surface area contributed by atoms with Gasteiger partial charge < -0.3 is 9.64 Å². The van der Waals surface area contributed by atoms with Crippen molar-refractivity contribution < 1.29 is 9.22 Å². The molecule has 6 aromatic rings. The van der Waals surface area contributed by atoms with Crippen molar-refractivity contribution in [3.63, 3.8) is 0 Å². The van der Waals surface area contributed by atoms with Crippen LogP contribution < -0.4 is 14.8 Å². The van der Waals surface area contributed by atoms with E-state index < -0.39 is 0 Å². The third kappa shape index (κ3) is 3.26. The van der Waals surface area contributed by atoms with Gasteiger partial charge in [-0.25, -0.2) is 4.98 Å². The summed E-state index contributed by atoms with van der Waals surface area (Å²) in [6.45, 7) is 0.138. The van der Waals surface area contributed by atoms with Crippen LogP contribution in [0.3, 0.4) is 0 Å². The molecular formula is C30H21FN4O. The fraction of sp³-hybridized carbons (Fsp3) is 0.0333. The van der Waals surface area contributed by atoms with Crippen molar-refractivity contribution in [2.24, 2.45) is 0 Å². The molecule has 0 fully saturated rings. The molecule has 4 aromatic carbocycles. The van der Waals surface area contributed by atoms with Crippen molar-refractivity contribution in [2.75, 3.05) is 16.7 Å². The molecule has 0 saturated heterocycles. The lowest BCUT2D eigenvalue weighted by Gasteiger charge is -2.19. The first kappa shape index (κ1) is 20.5. The molecule has 1 aliphatic heterocycles. The van der Waals surface area contributed by atoms with Crippen LogP contribution in [-0.4, -0.2) is 16.2 Å². The van der Waals surface area contributed by atoms with Gasteiger partial charge in [0.25, 0.3) is 0 Å². The van der Waals surface area contributed by atoms with Crippen LogP contribution >= 0.6 is 0 Å². The summed E-state index contributed by atoms with van der Waals surface area (Å²) in [5, 5.41) is 3.05. The monoisotopic (exact) mass is 472 g/mol. The number of pyridine rings is 1. The Hall–Kier alpha value is -4.84. The quantitative estimate of drug-likeness (QED) is 0.245. The molecular weight excluding hydrogens is 451 g/mol. The lowest BCUT2D eigenvalue weighted by molar-refractivity contribution is 0.450. The van der Waals surface area contributed by atoms with Crippen molar-refractivity contribution in [2.45, 2.75) is 0 Å². The van der Waals surface area contributed by atoms with E-state index in [1.807, 2.05) is 83.8 Å². The van der Waals surface area contributed by atoms with E-state index in [2.05, 4.69) is 33.8 Å². The fourth-order valence-electron chi connectivity index (χ4n) is 4.99. The van der Waals surface area contributed by atoms with Gasteiger partial charge in [-0.1, -0.05) is 46.9 Å². The second-order valence-electron chi connectivity index (χ2n) is 8.74. The van der Waals surface area contributed by atoms with E-state index in [4.69, 9.17) is 4.74 Å². The molecule has 36 heavy (non-hydrogen) atoms. The van der Waals surface area contributed by atoms with E-state index in [0.29, 0.717) is 17.2 Å². The van der Waals surface area contributed by atoms with E-state index in [9.17, 15) is 4.48 Å². The van der Waals surface area contributed by atoms with E-state index in [1.165, 1.54) is 0 Å². The number of benzene rings is 4. The molecule has 3 heterocycles. The largest absolute Gasteiger partial charge is 0.457 e. The minimum absolute atomic E-state index is 0.138. The Morgan fingerprint density at radius 1 is 0.667 bits per heavy atom. The van der Waals surface area contributed by atoms with Gasteiger partial charge in [0, 0.05) is 34.8 Å². The maximum Gasteiger partial charge on any atom is 0.137 e. The molecule has 0 bridgehead atoms. The van der Waals surface area contributed by atoms with Gasteiger partial charge in [-0.2, -0.15) is 5.12 Å². The Morgan fingerprint density at radius 3 is 2.33 bits per heavy atom. The number of halogens is 1. The molecule has 2 aromatic heterocycles. The standard InChI is InChI=1S/C30H21FN4O/c31-34-20-33(27-12-3-4-13-28(27)34)21-8-7-9-22(18-21)36-23-15-16-25-24-10-1-2-11-26(24)35(29(25)19-23)30-14-5-6-17-32-30/h1-19H,20H2. The third-order valence-electron chi connectivity index (χ3n) is 6.59. The molecule has 1 aliphatic rings. The number of nitrogens with zero attached hydrogens (tertiary/aromatic N) is 4. The maximum atomic E-state index is 14.5. The zero-order valence-electron chi connectivity index (χ0n) is 19.3. The summed E-state index contributed by atoms with van der Waals surface area (Å²) in [5.41, 5.74) is 4.37. The molecule has 0 aliphatic carbocycles. The molecule has 0 unspecified atom stereocenters. The zero-order valence-corrected chi connectivity index (χ0v) is 19.3. The Bertz CT molecular complexity index is 1730. The zero-order chi connectivity index (χ0) is 24.1. The summed E-state index contributed by atoms with van der Waals surface area (Å²) in [5.74, 6) is 2.25. The third-order valence-corrected chi connectivity index (χ3v) is 6.59. The fourth-order valence-corrected chi connectivity index (χ4v) is 4.99. The van der Waals surface area contributed by atoms with Crippen molar-refractivity contribution in [1.82, 2.24) is 9.55 Å². The number of para-hydroxylation sites is 3. The van der Waals surface area contributed by atoms with Gasteiger partial charge in [-0.15, -0.1) is 0 Å². The second kappa shape index (κ2) is 8.13. The van der Waals surface area contributed by atoms with Gasteiger partial charge in [0.2, 0.25) is 0 Å². The van der Waals surface area contributed by atoms with E-state index in [-0.39, 0.29) is 6.67 Å². The summed E-state index contributed by atoms with van der Waals surface area (Å²) < 4.78 is 22.9. The SMILES string of the molecule is FN1CN(c2cccc(Oc3ccc4c5ccccc5n(-c5ccccn5)c4c3)c2)c2ccccc21. The highest BCUT2D eigenvalue weighted by Crippen LogP contribution is 2.42. The Kier molecular flexibility index (Phi) is 4.64. The summed E-state index contributed by atoms with van der Waals surface area (Å²) >= 11 is 0. The van der Waals surface area contributed by atoms with Crippen LogP contribution in [0.2, 0.25) is 0 Å². The number of fused-ring (bicyclic) bond motifs is 4. The normalized spacial score (nSPS) is 12.9. The number of ether oxygens (including phenoxy) is 1. The van der Waals surface area contributed by atoms with Crippen LogP contribution in [0.25, 0.3) is 27.6 Å². The molecule has 7 rings (SSSR count). The van der Waals surface area contributed by atoms with Crippen LogP contribution in [0.1, 0.15) is 0 Å². The van der Waals surface area contributed by atoms with Gasteiger partial charge in [0.1, 0.15) is 24.0 Å². The first-order valence-corrected chi connectivity index (χ1v) is 11.8. The van der Waals surface area contributed by atoms with Crippen molar-refractivity contribution in [3.8, 4) is 17.3 Å². The summed E-state index contributed by atoms with van der Waals surface area (Å²) in [6.07, 6.45) is 1.80. The summed E-state index contributed by atoms with van der Waals surface area (Å²) in [6, 6.07) is 35.6. The molecule has 0 amide bonds. The molecule has 0 atom stereocenters. The number of hydrogen-bond acceptors (Lipinski definition) is 4. The minimum atomic E-state index is 0.138. The number of rotatable bonds is 4. The Balaban J connectivity index is 1.29. The van der Waals surface area contributed by atoms with Crippen LogP contribution in [0.15, 0.2) is 115 Å². The average Bonchev–Trinajstić information content (AvgIpc) is 3.44. The van der Waals surface area contributed by atoms with E-state index in [1.54, 1.807) is 12.3 Å². The van der Waals surface area contributed by atoms with Crippen LogP contribution in [0.4, 0.5) is 21.5 Å². The molecule has 5 nitrogen and oxygen atoms in total. The smallest absolute Gasteiger partial charge is 0.137 e. The minimum Gasteiger partial charge on any atom is -0.457 e. The predicted octanol–water partition coefficient (Wildman–Crippen LogP) is 7.77.